The van der Waals surface area contributed by atoms with Gasteiger partial charge < -0.3 is 33.5 Å². The molecule has 0 amide bonds. The molecule has 0 radical (unpaired) electrons. The first-order chi connectivity index (χ1) is 17.3. The summed E-state index contributed by atoms with van der Waals surface area (Å²) in [5, 5.41) is 10.9. The molecule has 2 aliphatic heterocycles. The standard InChI is InChI=1S/C26H21BrO9/c1-31-16-7-5-12-18(23(16)33-3)25(29)35-21(12)11-9-14(20(28)15(27)10-11)22-13-6-8-17(32-2)24(34-4)19(13)26(30)36-22/h5-10,21-22,28H,1-4H3/t21-,22+/m1/s1. The van der Waals surface area contributed by atoms with Gasteiger partial charge in [-0.15, -0.1) is 0 Å². The minimum absolute atomic E-state index is 0.115. The van der Waals surface area contributed by atoms with Crippen LogP contribution in [0.25, 0.3) is 0 Å². The molecular weight excluding hydrogens is 536 g/mol. The van der Waals surface area contributed by atoms with Gasteiger partial charge in [0.1, 0.15) is 16.9 Å². The average Bonchev–Trinajstić information content (AvgIpc) is 3.41. The summed E-state index contributed by atoms with van der Waals surface area (Å²) in [6, 6.07) is 10.1. The maximum Gasteiger partial charge on any atom is 0.343 e. The van der Waals surface area contributed by atoms with Crippen LogP contribution in [0, 0.1) is 0 Å². The lowest BCUT2D eigenvalue weighted by atomic mass is 9.93. The van der Waals surface area contributed by atoms with E-state index in [0.717, 1.165) is 0 Å². The van der Waals surface area contributed by atoms with E-state index < -0.39 is 24.1 Å². The predicted molar refractivity (Wildman–Crippen MR) is 129 cm³/mol. The van der Waals surface area contributed by atoms with Crippen LogP contribution in [0.5, 0.6) is 28.7 Å². The maximum absolute atomic E-state index is 12.8. The fourth-order valence-electron chi connectivity index (χ4n) is 4.67. The molecule has 0 saturated heterocycles. The third-order valence-corrected chi connectivity index (χ3v) is 6.88. The first-order valence-electron chi connectivity index (χ1n) is 10.8. The highest BCUT2D eigenvalue weighted by atomic mass is 79.9. The third kappa shape index (κ3) is 3.43. The Labute approximate surface area is 214 Å². The smallest absolute Gasteiger partial charge is 0.343 e. The Kier molecular flexibility index (Phi) is 5.91. The molecule has 3 aromatic rings. The van der Waals surface area contributed by atoms with E-state index in [1.54, 1.807) is 36.4 Å². The van der Waals surface area contributed by atoms with E-state index in [4.69, 9.17) is 28.4 Å². The number of hydrogen-bond donors (Lipinski definition) is 1. The average molecular weight is 557 g/mol. The summed E-state index contributed by atoms with van der Waals surface area (Å²) in [5.74, 6) is 0.0208. The number of carbonyl (C=O) groups is 2. The van der Waals surface area contributed by atoms with Crippen LogP contribution in [0.15, 0.2) is 40.9 Å². The van der Waals surface area contributed by atoms with Gasteiger partial charge in [-0.25, -0.2) is 9.59 Å². The molecule has 0 saturated carbocycles. The second-order valence-corrected chi connectivity index (χ2v) is 8.90. The van der Waals surface area contributed by atoms with E-state index in [2.05, 4.69) is 15.9 Å². The largest absolute Gasteiger partial charge is 0.506 e. The van der Waals surface area contributed by atoms with Crippen molar-refractivity contribution in [3.63, 3.8) is 0 Å². The summed E-state index contributed by atoms with van der Waals surface area (Å²) in [7, 11) is 5.84. The lowest BCUT2D eigenvalue weighted by Gasteiger charge is -2.19. The number of phenolic OH excluding ortho intramolecular Hbond substituents is 1. The Balaban J connectivity index is 1.64. The first-order valence-corrected chi connectivity index (χ1v) is 11.6. The van der Waals surface area contributed by atoms with Crippen LogP contribution in [0.1, 0.15) is 55.2 Å². The quantitative estimate of drug-likeness (QED) is 0.431. The third-order valence-electron chi connectivity index (χ3n) is 6.28. The number of aromatic hydroxyl groups is 1. The maximum atomic E-state index is 12.8. The van der Waals surface area contributed by atoms with Gasteiger partial charge >= 0.3 is 11.9 Å². The number of benzene rings is 3. The van der Waals surface area contributed by atoms with Gasteiger partial charge in [0.05, 0.1) is 32.9 Å². The summed E-state index contributed by atoms with van der Waals surface area (Å²) >= 11 is 3.38. The van der Waals surface area contributed by atoms with E-state index in [-0.39, 0.29) is 28.4 Å². The van der Waals surface area contributed by atoms with Crippen molar-refractivity contribution >= 4 is 27.9 Å². The molecular formula is C26H21BrO9. The number of carbonyl (C=O) groups excluding carboxylic acids is 2. The van der Waals surface area contributed by atoms with E-state index in [1.807, 2.05) is 0 Å². The number of fused-ring (bicyclic) bond motifs is 2. The van der Waals surface area contributed by atoms with Crippen molar-refractivity contribution in [3.8, 4) is 28.7 Å². The van der Waals surface area contributed by atoms with E-state index in [1.165, 1.54) is 28.4 Å². The molecule has 1 N–H and O–H groups in total. The molecule has 0 spiro atoms. The van der Waals surface area contributed by atoms with Crippen LogP contribution >= 0.6 is 15.9 Å². The normalized spacial score (nSPS) is 17.7. The highest BCUT2D eigenvalue weighted by Crippen LogP contribution is 2.50. The first kappa shape index (κ1) is 23.8. The second-order valence-electron chi connectivity index (χ2n) is 8.04. The topological polar surface area (TPSA) is 110 Å². The van der Waals surface area contributed by atoms with Crippen molar-refractivity contribution in [2.75, 3.05) is 28.4 Å². The number of rotatable bonds is 6. The summed E-state index contributed by atoms with van der Waals surface area (Å²) in [6.45, 7) is 0. The highest BCUT2D eigenvalue weighted by molar-refractivity contribution is 9.10. The van der Waals surface area contributed by atoms with Crippen LogP contribution in [-0.2, 0) is 9.47 Å². The Morgan fingerprint density at radius 3 is 1.72 bits per heavy atom. The van der Waals surface area contributed by atoms with Crippen LogP contribution in [-0.4, -0.2) is 45.5 Å². The van der Waals surface area contributed by atoms with Crippen molar-refractivity contribution < 1.29 is 43.1 Å². The van der Waals surface area contributed by atoms with Gasteiger partial charge in [-0.3, -0.25) is 0 Å². The lowest BCUT2D eigenvalue weighted by molar-refractivity contribution is 0.0450. The number of methoxy groups -OCH3 is 4. The molecule has 2 aliphatic rings. The fraction of sp³-hybridized carbons (Fsp3) is 0.231. The van der Waals surface area contributed by atoms with Gasteiger partial charge in [-0.05, 0) is 45.8 Å². The van der Waals surface area contributed by atoms with Crippen LogP contribution in [0.2, 0.25) is 0 Å². The monoisotopic (exact) mass is 556 g/mol. The van der Waals surface area contributed by atoms with E-state index >= 15 is 0 Å². The van der Waals surface area contributed by atoms with Crippen molar-refractivity contribution in [1.82, 2.24) is 0 Å². The van der Waals surface area contributed by atoms with Gasteiger partial charge in [-0.1, -0.05) is 12.1 Å². The molecule has 36 heavy (non-hydrogen) atoms. The summed E-state index contributed by atoms with van der Waals surface area (Å²) < 4.78 is 33.2. The Morgan fingerprint density at radius 1 is 0.722 bits per heavy atom. The fourth-order valence-corrected chi connectivity index (χ4v) is 5.17. The van der Waals surface area contributed by atoms with Gasteiger partial charge in [0.15, 0.2) is 35.2 Å². The highest BCUT2D eigenvalue weighted by Gasteiger charge is 2.41. The van der Waals surface area contributed by atoms with Gasteiger partial charge in [0.2, 0.25) is 0 Å². The van der Waals surface area contributed by atoms with Crippen molar-refractivity contribution in [1.29, 1.82) is 0 Å². The van der Waals surface area contributed by atoms with Crippen molar-refractivity contribution in [2.24, 2.45) is 0 Å². The van der Waals surface area contributed by atoms with E-state index in [9.17, 15) is 14.7 Å². The number of halogens is 1. The Hall–Kier alpha value is -3.92. The SMILES string of the molecule is COc1ccc2c(c1OC)C(=O)O[C@@H]2c1cc([C@H]2OC(=O)c3c2ccc(OC)c3OC)cc(Br)c1O. The molecule has 0 aromatic heterocycles. The molecule has 2 atom stereocenters. The number of ether oxygens (including phenoxy) is 6. The lowest BCUT2D eigenvalue weighted by Crippen LogP contribution is -2.06. The van der Waals surface area contributed by atoms with Crippen molar-refractivity contribution in [3.05, 3.63) is 74.3 Å². The zero-order valence-electron chi connectivity index (χ0n) is 19.7. The molecule has 5 rings (SSSR count). The summed E-state index contributed by atoms with van der Waals surface area (Å²) in [4.78, 5) is 25.6. The molecule has 9 nitrogen and oxygen atoms in total. The molecule has 3 aromatic carbocycles. The zero-order valence-corrected chi connectivity index (χ0v) is 21.3. The molecule has 186 valence electrons. The summed E-state index contributed by atoms with van der Waals surface area (Å²) in [5.41, 5.74) is 2.44. The van der Waals surface area contributed by atoms with Crippen molar-refractivity contribution in [2.45, 2.75) is 12.2 Å². The minimum atomic E-state index is -0.925. The molecule has 10 heteroatoms. The zero-order chi connectivity index (χ0) is 25.7. The van der Waals surface area contributed by atoms with E-state index in [0.29, 0.717) is 38.2 Å². The van der Waals surface area contributed by atoms with Gasteiger partial charge in [0.25, 0.3) is 0 Å². The number of esters is 2. The molecule has 0 fully saturated rings. The number of hydrogen-bond acceptors (Lipinski definition) is 9. The predicted octanol–water partition coefficient (Wildman–Crippen LogP) is 4.71. The van der Waals surface area contributed by atoms with Crippen LogP contribution in [0.3, 0.4) is 0 Å². The van der Waals surface area contributed by atoms with Gasteiger partial charge in [-0.2, -0.15) is 0 Å². The molecule has 2 heterocycles. The molecule has 0 aliphatic carbocycles. The summed E-state index contributed by atoms with van der Waals surface area (Å²) in [6.07, 6.45) is -1.71. The van der Waals surface area contributed by atoms with Crippen LogP contribution < -0.4 is 18.9 Å². The number of phenols is 1. The molecule has 0 unspecified atom stereocenters. The molecule has 0 bridgehead atoms. The minimum Gasteiger partial charge on any atom is -0.506 e. The van der Waals surface area contributed by atoms with Gasteiger partial charge in [0, 0.05) is 16.7 Å². The number of cyclic esters (lactones) is 2. The Bertz CT molecular complexity index is 1420. The Morgan fingerprint density at radius 2 is 1.22 bits per heavy atom. The second kappa shape index (κ2) is 8.94. The van der Waals surface area contributed by atoms with Crippen LogP contribution in [0.4, 0.5) is 0 Å².